The molecular formula is C27H32N3OP. The number of aryl methyl sites for hydroxylation is 1. The number of benzene rings is 3. The second kappa shape index (κ2) is 8.44. The maximum atomic E-state index is 6.27. The van der Waals surface area contributed by atoms with Gasteiger partial charge in [0.25, 0.3) is 0 Å². The fraction of sp³-hybridized carbons (Fsp3) is 0.296. The summed E-state index contributed by atoms with van der Waals surface area (Å²) in [6.45, 7) is 9.22. The van der Waals surface area contributed by atoms with E-state index in [-0.39, 0.29) is 0 Å². The number of anilines is 1. The van der Waals surface area contributed by atoms with E-state index in [0.717, 1.165) is 17.7 Å². The molecule has 2 fully saturated rings. The van der Waals surface area contributed by atoms with E-state index in [2.05, 4.69) is 71.7 Å². The molecule has 3 aromatic carbocycles. The van der Waals surface area contributed by atoms with Gasteiger partial charge in [-0.1, -0.05) is 61.3 Å². The molecule has 0 spiro atoms. The summed E-state index contributed by atoms with van der Waals surface area (Å²) in [5.74, 6) is 1.93. The molecule has 5 heteroatoms. The number of rotatable bonds is 8. The molecule has 2 aliphatic rings. The van der Waals surface area contributed by atoms with Crippen molar-refractivity contribution in [3.8, 4) is 22.6 Å². The highest BCUT2D eigenvalue weighted by atomic mass is 31.2. The lowest BCUT2D eigenvalue weighted by Gasteiger charge is -2.30. The summed E-state index contributed by atoms with van der Waals surface area (Å²) in [6, 6.07) is 23.0. The van der Waals surface area contributed by atoms with Gasteiger partial charge >= 0.3 is 0 Å². The van der Waals surface area contributed by atoms with Gasteiger partial charge in [-0.15, -0.1) is 0 Å². The van der Waals surface area contributed by atoms with Gasteiger partial charge in [0, 0.05) is 33.4 Å². The van der Waals surface area contributed by atoms with Crippen LogP contribution < -0.4 is 10.5 Å². The first-order valence-electron chi connectivity index (χ1n) is 11.4. The van der Waals surface area contributed by atoms with E-state index >= 15 is 0 Å². The number of hydrogen-bond acceptors (Lipinski definition) is 4. The van der Waals surface area contributed by atoms with E-state index in [9.17, 15) is 0 Å². The third-order valence-electron chi connectivity index (χ3n) is 6.54. The molecule has 2 N–H and O–H groups in total. The summed E-state index contributed by atoms with van der Waals surface area (Å²) in [6.07, 6.45) is 5.82. The minimum atomic E-state index is -1.40. The summed E-state index contributed by atoms with van der Waals surface area (Å²) >= 11 is 0. The van der Waals surface area contributed by atoms with Crippen LogP contribution >= 0.6 is 7.19 Å². The normalized spacial score (nSPS) is 17.2. The van der Waals surface area contributed by atoms with Gasteiger partial charge < -0.3 is 10.5 Å². The predicted octanol–water partition coefficient (Wildman–Crippen LogP) is 6.05. The fourth-order valence-electron chi connectivity index (χ4n) is 4.32. The van der Waals surface area contributed by atoms with Crippen LogP contribution in [0.3, 0.4) is 0 Å². The van der Waals surface area contributed by atoms with Crippen LogP contribution in [0.15, 0.2) is 66.7 Å². The van der Waals surface area contributed by atoms with Gasteiger partial charge in [-0.25, -0.2) is 0 Å². The third-order valence-corrected chi connectivity index (χ3v) is 10.6. The number of nitrogens with two attached hydrogens (primary N) is 1. The Morgan fingerprint density at radius 1 is 0.906 bits per heavy atom. The smallest absolute Gasteiger partial charge is 0.150 e. The van der Waals surface area contributed by atoms with E-state index in [1.54, 1.807) is 0 Å². The van der Waals surface area contributed by atoms with Crippen molar-refractivity contribution >= 4 is 19.2 Å². The lowest BCUT2D eigenvalue weighted by atomic mass is 10.0. The highest BCUT2D eigenvalue weighted by Gasteiger charge is 2.42. The van der Waals surface area contributed by atoms with Crippen LogP contribution in [0.4, 0.5) is 5.69 Å². The summed E-state index contributed by atoms with van der Waals surface area (Å²) in [4.78, 5) is 0. The number of nitrogens with zero attached hydrogens (tertiary/aromatic N) is 2. The van der Waals surface area contributed by atoms with Crippen molar-refractivity contribution in [2.75, 3.05) is 38.1 Å². The van der Waals surface area contributed by atoms with E-state index in [1.807, 2.05) is 18.2 Å². The molecule has 4 nitrogen and oxygen atoms in total. The first kappa shape index (κ1) is 21.3. The first-order valence-corrected chi connectivity index (χ1v) is 13.5. The van der Waals surface area contributed by atoms with Crippen LogP contribution in [0.2, 0.25) is 0 Å². The molecule has 0 aliphatic carbocycles. The molecule has 2 saturated heterocycles. The topological polar surface area (TPSA) is 41.3 Å². The number of nitrogen functional groups attached to an aromatic ring is 1. The maximum absolute atomic E-state index is 6.27. The Kier molecular flexibility index (Phi) is 5.63. The second-order valence-corrected chi connectivity index (χ2v) is 12.4. The lowest BCUT2D eigenvalue weighted by molar-refractivity contribution is 0.484. The van der Waals surface area contributed by atoms with Crippen molar-refractivity contribution in [2.24, 2.45) is 0 Å². The van der Waals surface area contributed by atoms with Crippen LogP contribution in [-0.4, -0.2) is 48.0 Å². The Balaban J connectivity index is 1.31. The molecule has 5 rings (SSSR count). The zero-order valence-electron chi connectivity index (χ0n) is 19.0. The fourth-order valence-corrected chi connectivity index (χ4v) is 7.90. The Labute approximate surface area is 191 Å². The largest absolute Gasteiger partial charge is 0.455 e. The summed E-state index contributed by atoms with van der Waals surface area (Å²) in [5.41, 5.74) is 11.8. The van der Waals surface area contributed by atoms with E-state index in [4.69, 9.17) is 16.8 Å². The average Bonchev–Trinajstić information content (AvgIpc) is 3.69. The van der Waals surface area contributed by atoms with Gasteiger partial charge in [-0.2, -0.15) is 0 Å². The summed E-state index contributed by atoms with van der Waals surface area (Å²) < 4.78 is 11.4. The molecule has 1 unspecified atom stereocenters. The van der Waals surface area contributed by atoms with Crippen molar-refractivity contribution < 1.29 is 4.74 Å². The van der Waals surface area contributed by atoms with Gasteiger partial charge in [-0.05, 0) is 60.0 Å². The van der Waals surface area contributed by atoms with Crippen LogP contribution in [0.1, 0.15) is 24.0 Å². The standard InChI is InChI=1S/C27H32N3OP/c1-20-4-6-22(7-5-20)23-8-11-25(12-9-23)31-27-18-24(10-13-26(27)28)21(2)19-32(3,29-14-15-29)30-16-17-30/h4-13,18,21H,3,14-17,19,28H2,1-2H3. The van der Waals surface area contributed by atoms with Gasteiger partial charge in [0.1, 0.15) is 5.75 Å². The SMILES string of the molecule is C=P(CC(C)c1ccc(N)c(Oc2ccc(-c3ccc(C)cc3)cc2)c1)(N1CC1)N1CC1. The Morgan fingerprint density at radius 2 is 1.47 bits per heavy atom. The van der Waals surface area contributed by atoms with Crippen LogP contribution in [0.5, 0.6) is 11.5 Å². The quantitative estimate of drug-likeness (QED) is 0.260. The van der Waals surface area contributed by atoms with Crippen LogP contribution in [-0.2, 0) is 0 Å². The van der Waals surface area contributed by atoms with Gasteiger partial charge in [0.05, 0.1) is 5.69 Å². The van der Waals surface area contributed by atoms with Gasteiger partial charge in [0.2, 0.25) is 0 Å². The minimum Gasteiger partial charge on any atom is -0.455 e. The molecule has 0 saturated carbocycles. The second-order valence-electron chi connectivity index (χ2n) is 9.16. The number of hydrogen-bond donors (Lipinski definition) is 1. The van der Waals surface area contributed by atoms with Crippen molar-refractivity contribution in [2.45, 2.75) is 19.8 Å². The molecule has 0 bridgehead atoms. The molecule has 0 amide bonds. The Morgan fingerprint density at radius 3 is 2.03 bits per heavy atom. The molecule has 1 atom stereocenters. The average molecular weight is 446 g/mol. The highest BCUT2D eigenvalue weighted by molar-refractivity contribution is 7.69. The zero-order valence-corrected chi connectivity index (χ0v) is 19.9. The molecule has 0 aromatic heterocycles. The predicted molar refractivity (Wildman–Crippen MR) is 138 cm³/mol. The van der Waals surface area contributed by atoms with E-state index in [0.29, 0.717) is 11.6 Å². The molecular weight excluding hydrogens is 413 g/mol. The molecule has 0 radical (unpaired) electrons. The first-order chi connectivity index (χ1) is 15.4. The lowest BCUT2D eigenvalue weighted by Crippen LogP contribution is -2.13. The Bertz CT molecular complexity index is 1130. The van der Waals surface area contributed by atoms with Crippen molar-refractivity contribution in [1.82, 2.24) is 9.34 Å². The van der Waals surface area contributed by atoms with E-state index in [1.165, 1.54) is 48.4 Å². The van der Waals surface area contributed by atoms with Crippen LogP contribution in [0.25, 0.3) is 11.1 Å². The van der Waals surface area contributed by atoms with Crippen LogP contribution in [0, 0.1) is 6.92 Å². The monoisotopic (exact) mass is 445 g/mol. The molecule has 3 aromatic rings. The van der Waals surface area contributed by atoms with Gasteiger partial charge in [0.15, 0.2) is 5.75 Å². The maximum Gasteiger partial charge on any atom is 0.150 e. The molecule has 2 heterocycles. The zero-order chi connectivity index (χ0) is 22.3. The molecule has 32 heavy (non-hydrogen) atoms. The minimum absolute atomic E-state index is 0.411. The highest BCUT2D eigenvalue weighted by Crippen LogP contribution is 2.61. The molecule has 2 aliphatic heterocycles. The molecule has 166 valence electrons. The van der Waals surface area contributed by atoms with Crippen molar-refractivity contribution in [3.63, 3.8) is 0 Å². The summed E-state index contributed by atoms with van der Waals surface area (Å²) in [7, 11) is -1.40. The van der Waals surface area contributed by atoms with E-state index < -0.39 is 7.19 Å². The summed E-state index contributed by atoms with van der Waals surface area (Å²) in [5, 5.41) is 0. The van der Waals surface area contributed by atoms with Crippen molar-refractivity contribution in [1.29, 1.82) is 0 Å². The third kappa shape index (κ3) is 4.49. The Hall–Kier alpha value is -2.52. The number of ether oxygens (including phenoxy) is 1. The van der Waals surface area contributed by atoms with Gasteiger partial charge in [-0.3, -0.25) is 9.34 Å². The van der Waals surface area contributed by atoms with Crippen molar-refractivity contribution in [3.05, 3.63) is 77.9 Å².